The van der Waals surface area contributed by atoms with E-state index in [1.807, 2.05) is 0 Å². The molecular weight excluding hydrogens is 131 g/mol. The Morgan fingerprint density at radius 3 is 2.38 bits per heavy atom. The Hall–Kier alpha value is -0.320. The maximum absolute atomic E-state index is 9.66. The van der Waals surface area contributed by atoms with Gasteiger partial charge in [0, 0.05) is 6.54 Å². The van der Waals surface area contributed by atoms with Crippen molar-refractivity contribution in [2.45, 2.75) is 6.42 Å². The molecule has 0 radical (unpaired) electrons. The fourth-order valence-corrected chi connectivity index (χ4v) is 0.179. The van der Waals surface area contributed by atoms with Crippen LogP contribution in [0.2, 0.25) is 0 Å². The van der Waals surface area contributed by atoms with Crippen LogP contribution in [0.4, 0.5) is 0 Å². The van der Waals surface area contributed by atoms with Gasteiger partial charge in [-0.3, -0.25) is 16.1 Å². The summed E-state index contributed by atoms with van der Waals surface area (Å²) in [5, 5.41) is 7.95. The summed E-state index contributed by atoms with van der Waals surface area (Å²) in [6.45, 7) is 0.329. The van der Waals surface area contributed by atoms with E-state index in [2.05, 4.69) is 5.43 Å². The number of rotatable bonds is 3. The van der Waals surface area contributed by atoms with Crippen LogP contribution in [0.25, 0.3) is 0 Å². The monoisotopic (exact) mass is 140 g/mol. The van der Waals surface area contributed by atoms with Gasteiger partial charge >= 0.3 is 5.97 Å². The molecule has 0 amide bonds. The van der Waals surface area contributed by atoms with Gasteiger partial charge in [0.05, 0.1) is 6.42 Å². The molecule has 0 aromatic heterocycles. The van der Waals surface area contributed by atoms with Crippen molar-refractivity contribution >= 4 is 18.4 Å². The van der Waals surface area contributed by atoms with Gasteiger partial charge in [0.25, 0.3) is 0 Å². The highest BCUT2D eigenvalue weighted by Crippen LogP contribution is 1.70. The highest BCUT2D eigenvalue weighted by atomic mass is 35.5. The van der Waals surface area contributed by atoms with E-state index in [0.29, 0.717) is 6.54 Å². The molecule has 0 heterocycles. The highest BCUT2D eigenvalue weighted by molar-refractivity contribution is 5.85. The first-order valence-electron chi connectivity index (χ1n) is 1.92. The average Bonchev–Trinajstić information content (AvgIpc) is 1.61. The second-order valence-electron chi connectivity index (χ2n) is 1.10. The van der Waals surface area contributed by atoms with Gasteiger partial charge in [-0.05, 0) is 0 Å². The average molecular weight is 141 g/mol. The Kier molecular flexibility index (Phi) is 8.87. The summed E-state index contributed by atoms with van der Waals surface area (Å²) in [6.07, 6.45) is 0.0799. The number of hydrogen-bond acceptors (Lipinski definition) is 3. The molecule has 4 N–H and O–H groups in total. The van der Waals surface area contributed by atoms with Gasteiger partial charge in [-0.15, -0.1) is 12.4 Å². The maximum Gasteiger partial charge on any atom is 0.304 e. The van der Waals surface area contributed by atoms with Crippen LogP contribution in [0.3, 0.4) is 0 Å². The van der Waals surface area contributed by atoms with Crippen molar-refractivity contribution in [2.75, 3.05) is 6.54 Å². The molecule has 0 aromatic rings. The lowest BCUT2D eigenvalue weighted by Crippen LogP contribution is -2.24. The molecule has 0 saturated heterocycles. The highest BCUT2D eigenvalue weighted by Gasteiger charge is 1.90. The molecule has 4 nitrogen and oxygen atoms in total. The second-order valence-corrected chi connectivity index (χ2v) is 1.10. The lowest BCUT2D eigenvalue weighted by Gasteiger charge is -1.89. The number of hydrazine groups is 1. The van der Waals surface area contributed by atoms with Crippen LogP contribution >= 0.6 is 12.4 Å². The number of hydrogen-bond donors (Lipinski definition) is 3. The van der Waals surface area contributed by atoms with E-state index in [4.69, 9.17) is 10.9 Å². The number of nitrogens with two attached hydrogens (primary N) is 1. The first kappa shape index (κ1) is 10.6. The minimum atomic E-state index is -0.835. The Bertz CT molecular complexity index is 68.3. The summed E-state index contributed by atoms with van der Waals surface area (Å²) in [4.78, 5) is 9.66. The molecule has 0 saturated carbocycles. The van der Waals surface area contributed by atoms with Gasteiger partial charge in [0.2, 0.25) is 0 Å². The second kappa shape index (κ2) is 6.68. The molecule has 0 aliphatic carbocycles. The Morgan fingerprint density at radius 1 is 1.75 bits per heavy atom. The Balaban J connectivity index is 0. The van der Waals surface area contributed by atoms with Gasteiger partial charge in [0.15, 0.2) is 0 Å². The molecule has 0 spiro atoms. The Labute approximate surface area is 53.4 Å². The summed E-state index contributed by atoms with van der Waals surface area (Å²) in [6, 6.07) is 0. The normalized spacial score (nSPS) is 7.62. The predicted octanol–water partition coefficient (Wildman–Crippen LogP) is -0.654. The van der Waals surface area contributed by atoms with Crippen molar-refractivity contribution < 1.29 is 9.90 Å². The fourth-order valence-electron chi connectivity index (χ4n) is 0.179. The largest absolute Gasteiger partial charge is 0.481 e. The van der Waals surface area contributed by atoms with Crippen LogP contribution in [-0.2, 0) is 4.79 Å². The first-order chi connectivity index (χ1) is 3.27. The van der Waals surface area contributed by atoms with E-state index < -0.39 is 5.97 Å². The summed E-state index contributed by atoms with van der Waals surface area (Å²) in [5.74, 6) is 3.93. The first-order valence-corrected chi connectivity index (χ1v) is 1.92. The minimum Gasteiger partial charge on any atom is -0.481 e. The van der Waals surface area contributed by atoms with Gasteiger partial charge < -0.3 is 5.11 Å². The predicted molar refractivity (Wildman–Crippen MR) is 31.7 cm³/mol. The zero-order chi connectivity index (χ0) is 5.70. The van der Waals surface area contributed by atoms with Crippen molar-refractivity contribution in [1.82, 2.24) is 5.43 Å². The topological polar surface area (TPSA) is 75.3 Å². The zero-order valence-corrected chi connectivity index (χ0v) is 5.07. The summed E-state index contributed by atoms with van der Waals surface area (Å²) in [7, 11) is 0. The van der Waals surface area contributed by atoms with Crippen molar-refractivity contribution in [3.63, 3.8) is 0 Å². The van der Waals surface area contributed by atoms with Crippen molar-refractivity contribution in [3.8, 4) is 0 Å². The lowest BCUT2D eigenvalue weighted by molar-refractivity contribution is -0.136. The van der Waals surface area contributed by atoms with Crippen molar-refractivity contribution in [2.24, 2.45) is 5.84 Å². The summed E-state index contributed by atoms with van der Waals surface area (Å²) in [5.41, 5.74) is 2.22. The number of carboxylic acids is 1. The summed E-state index contributed by atoms with van der Waals surface area (Å²) < 4.78 is 0. The number of aliphatic carboxylic acids is 1. The van der Waals surface area contributed by atoms with Gasteiger partial charge in [-0.1, -0.05) is 0 Å². The quantitative estimate of drug-likeness (QED) is 0.360. The van der Waals surface area contributed by atoms with Gasteiger partial charge in [-0.2, -0.15) is 0 Å². The molecular formula is C3H9ClN2O2. The molecule has 0 rings (SSSR count). The van der Waals surface area contributed by atoms with Gasteiger partial charge in [0.1, 0.15) is 0 Å². The third kappa shape index (κ3) is 9.19. The van der Waals surface area contributed by atoms with E-state index in [9.17, 15) is 4.79 Å². The van der Waals surface area contributed by atoms with Crippen molar-refractivity contribution in [3.05, 3.63) is 0 Å². The van der Waals surface area contributed by atoms with Crippen LogP contribution in [0.15, 0.2) is 0 Å². The van der Waals surface area contributed by atoms with E-state index in [1.165, 1.54) is 0 Å². The molecule has 0 aliphatic rings. The molecule has 0 unspecified atom stereocenters. The van der Waals surface area contributed by atoms with E-state index in [1.54, 1.807) is 0 Å². The zero-order valence-electron chi connectivity index (χ0n) is 4.26. The van der Waals surface area contributed by atoms with Crippen LogP contribution < -0.4 is 11.3 Å². The van der Waals surface area contributed by atoms with Crippen LogP contribution in [-0.4, -0.2) is 17.6 Å². The number of carboxylic acid groups (broad SMARTS) is 1. The third-order valence-electron chi connectivity index (χ3n) is 0.483. The molecule has 0 fully saturated rings. The molecule has 0 aliphatic heterocycles. The van der Waals surface area contributed by atoms with E-state index in [0.717, 1.165) is 0 Å². The van der Waals surface area contributed by atoms with E-state index in [-0.39, 0.29) is 18.8 Å². The number of nitrogens with one attached hydrogen (secondary N) is 1. The molecule has 0 bridgehead atoms. The standard InChI is InChI=1S/C3H8N2O2.ClH/c4-5-2-1-3(6)7;/h5H,1-2,4H2,(H,6,7);1H. The maximum atomic E-state index is 9.66. The Morgan fingerprint density at radius 2 is 2.25 bits per heavy atom. The fraction of sp³-hybridized carbons (Fsp3) is 0.667. The van der Waals surface area contributed by atoms with Crippen LogP contribution in [0, 0.1) is 0 Å². The number of carbonyl (C=O) groups is 1. The number of halogens is 1. The molecule has 0 atom stereocenters. The smallest absolute Gasteiger partial charge is 0.304 e. The van der Waals surface area contributed by atoms with Crippen molar-refractivity contribution in [1.29, 1.82) is 0 Å². The van der Waals surface area contributed by atoms with Crippen LogP contribution in [0.5, 0.6) is 0 Å². The van der Waals surface area contributed by atoms with E-state index >= 15 is 0 Å². The lowest BCUT2D eigenvalue weighted by atomic mass is 10.4. The third-order valence-corrected chi connectivity index (χ3v) is 0.483. The SMILES string of the molecule is Cl.NNCCC(=O)O. The van der Waals surface area contributed by atoms with Crippen LogP contribution in [0.1, 0.15) is 6.42 Å². The summed E-state index contributed by atoms with van der Waals surface area (Å²) >= 11 is 0. The molecule has 5 heteroatoms. The van der Waals surface area contributed by atoms with Gasteiger partial charge in [-0.25, -0.2) is 0 Å². The molecule has 50 valence electrons. The minimum absolute atomic E-state index is 0. The molecule has 8 heavy (non-hydrogen) atoms. The molecule has 0 aromatic carbocycles.